The van der Waals surface area contributed by atoms with Crippen molar-refractivity contribution in [1.29, 1.82) is 0 Å². The quantitative estimate of drug-likeness (QED) is 0.776. The number of rotatable bonds is 4. The summed E-state index contributed by atoms with van der Waals surface area (Å²) in [4.78, 5) is 18.0. The van der Waals surface area contributed by atoms with E-state index in [0.717, 1.165) is 12.3 Å². The SMILES string of the molecule is NS(=O)(=O)c1ccc(C(=O)NC2CCN(c3ccc(C(F)(F)F)cn3)CC2)cc1. The van der Waals surface area contributed by atoms with Gasteiger partial charge in [0.1, 0.15) is 5.82 Å². The first-order valence-electron chi connectivity index (χ1n) is 8.76. The number of aromatic nitrogens is 1. The minimum Gasteiger partial charge on any atom is -0.356 e. The molecule has 1 aliphatic heterocycles. The lowest BCUT2D eigenvalue weighted by molar-refractivity contribution is -0.137. The van der Waals surface area contributed by atoms with Crippen LogP contribution in [0.25, 0.3) is 0 Å². The van der Waals surface area contributed by atoms with E-state index in [9.17, 15) is 26.4 Å². The average molecular weight is 428 g/mol. The molecule has 1 aliphatic rings. The lowest BCUT2D eigenvalue weighted by atomic mass is 10.0. The molecule has 0 bridgehead atoms. The number of carbonyl (C=O) groups is 1. The highest BCUT2D eigenvalue weighted by Gasteiger charge is 2.31. The van der Waals surface area contributed by atoms with E-state index in [2.05, 4.69) is 10.3 Å². The van der Waals surface area contributed by atoms with E-state index in [1.807, 2.05) is 4.90 Å². The Hall–Kier alpha value is -2.66. The molecule has 0 saturated carbocycles. The van der Waals surface area contributed by atoms with Crippen LogP contribution in [0.15, 0.2) is 47.5 Å². The maximum atomic E-state index is 12.6. The number of sulfonamides is 1. The Morgan fingerprint density at radius 2 is 1.72 bits per heavy atom. The Morgan fingerprint density at radius 1 is 1.10 bits per heavy atom. The molecule has 0 atom stereocenters. The maximum Gasteiger partial charge on any atom is 0.417 e. The van der Waals surface area contributed by atoms with Gasteiger partial charge in [-0.1, -0.05) is 0 Å². The van der Waals surface area contributed by atoms with Gasteiger partial charge in [-0.05, 0) is 49.2 Å². The number of nitrogens with one attached hydrogen (secondary N) is 1. The lowest BCUT2D eigenvalue weighted by Gasteiger charge is -2.33. The summed E-state index contributed by atoms with van der Waals surface area (Å²) in [5.74, 6) is 0.124. The highest BCUT2D eigenvalue weighted by molar-refractivity contribution is 7.89. The summed E-state index contributed by atoms with van der Waals surface area (Å²) in [5, 5.41) is 7.91. The van der Waals surface area contributed by atoms with Crippen molar-refractivity contribution in [1.82, 2.24) is 10.3 Å². The zero-order chi connectivity index (χ0) is 21.2. The topological polar surface area (TPSA) is 105 Å². The van der Waals surface area contributed by atoms with Gasteiger partial charge in [0.15, 0.2) is 0 Å². The number of pyridine rings is 1. The van der Waals surface area contributed by atoms with Crippen molar-refractivity contribution in [2.45, 2.75) is 30.0 Å². The third-order valence-corrected chi connectivity index (χ3v) is 5.60. The van der Waals surface area contributed by atoms with Crippen LogP contribution in [0, 0.1) is 0 Å². The normalized spacial score (nSPS) is 15.9. The summed E-state index contributed by atoms with van der Waals surface area (Å²) in [5.41, 5.74) is -0.485. The standard InChI is InChI=1S/C18H19F3N4O3S/c19-18(20,21)13-3-6-16(23-11-13)25-9-7-14(8-10-25)24-17(26)12-1-4-15(5-2-12)29(22,27)28/h1-6,11,14H,7-10H2,(H,24,26)(H2,22,27,28). The number of hydrogen-bond donors (Lipinski definition) is 2. The average Bonchev–Trinajstić information content (AvgIpc) is 2.67. The van der Waals surface area contributed by atoms with Crippen LogP contribution < -0.4 is 15.4 Å². The van der Waals surface area contributed by atoms with Crippen LogP contribution in [-0.4, -0.2) is 38.4 Å². The van der Waals surface area contributed by atoms with Gasteiger partial charge in [-0.3, -0.25) is 4.79 Å². The van der Waals surface area contributed by atoms with Gasteiger partial charge in [0.2, 0.25) is 10.0 Å². The Morgan fingerprint density at radius 3 is 2.21 bits per heavy atom. The molecule has 1 aromatic carbocycles. The predicted octanol–water partition coefficient (Wildman–Crippen LogP) is 2.15. The number of amides is 1. The summed E-state index contributed by atoms with van der Waals surface area (Å²) in [6.45, 7) is 1.07. The van der Waals surface area contributed by atoms with E-state index in [4.69, 9.17) is 5.14 Å². The van der Waals surface area contributed by atoms with E-state index in [-0.39, 0.29) is 16.8 Å². The van der Waals surface area contributed by atoms with Crippen molar-refractivity contribution < 1.29 is 26.4 Å². The molecule has 3 rings (SSSR count). The van der Waals surface area contributed by atoms with Gasteiger partial charge in [0, 0.05) is 30.9 Å². The van der Waals surface area contributed by atoms with Crippen LogP contribution in [0.3, 0.4) is 0 Å². The van der Waals surface area contributed by atoms with Crippen LogP contribution in [-0.2, 0) is 16.2 Å². The number of halogens is 3. The Labute approximate surface area is 165 Å². The third kappa shape index (κ3) is 5.24. The van der Waals surface area contributed by atoms with Gasteiger partial charge in [-0.25, -0.2) is 18.5 Å². The van der Waals surface area contributed by atoms with E-state index >= 15 is 0 Å². The van der Waals surface area contributed by atoms with Gasteiger partial charge in [0.05, 0.1) is 10.5 Å². The number of benzene rings is 1. The van der Waals surface area contributed by atoms with Gasteiger partial charge >= 0.3 is 6.18 Å². The zero-order valence-electron chi connectivity index (χ0n) is 15.2. The van der Waals surface area contributed by atoms with Gasteiger partial charge in [-0.15, -0.1) is 0 Å². The number of carbonyl (C=O) groups excluding carboxylic acids is 1. The largest absolute Gasteiger partial charge is 0.417 e. The smallest absolute Gasteiger partial charge is 0.356 e. The number of piperidine rings is 1. The number of anilines is 1. The van der Waals surface area contributed by atoms with E-state index < -0.39 is 21.8 Å². The van der Waals surface area contributed by atoms with E-state index in [1.54, 1.807) is 0 Å². The Bertz CT molecular complexity index is 969. The molecule has 11 heteroatoms. The Kier molecular flexibility index (Phi) is 5.80. The summed E-state index contributed by atoms with van der Waals surface area (Å²) in [6.07, 6.45) is -2.41. The molecule has 1 amide bonds. The molecule has 0 aliphatic carbocycles. The number of nitrogens with zero attached hydrogens (tertiary/aromatic N) is 2. The predicted molar refractivity (Wildman–Crippen MR) is 99.8 cm³/mol. The van der Waals surface area contributed by atoms with E-state index in [0.29, 0.717) is 37.3 Å². The molecule has 0 spiro atoms. The third-order valence-electron chi connectivity index (χ3n) is 4.67. The lowest BCUT2D eigenvalue weighted by Crippen LogP contribution is -2.45. The first kappa shape index (κ1) is 21.1. The molecule has 2 aromatic rings. The highest BCUT2D eigenvalue weighted by atomic mass is 32.2. The first-order chi connectivity index (χ1) is 13.5. The van der Waals surface area contributed by atoms with Crippen LogP contribution in [0.1, 0.15) is 28.8 Å². The zero-order valence-corrected chi connectivity index (χ0v) is 16.0. The monoisotopic (exact) mass is 428 g/mol. The second-order valence-electron chi connectivity index (χ2n) is 6.71. The second-order valence-corrected chi connectivity index (χ2v) is 8.27. The fraction of sp³-hybridized carbons (Fsp3) is 0.333. The molecule has 0 unspecified atom stereocenters. The summed E-state index contributed by atoms with van der Waals surface area (Å²) < 4.78 is 60.4. The molecular formula is C18H19F3N4O3S. The summed E-state index contributed by atoms with van der Waals surface area (Å²) >= 11 is 0. The molecule has 29 heavy (non-hydrogen) atoms. The van der Waals surface area contributed by atoms with Gasteiger partial charge < -0.3 is 10.2 Å². The molecule has 1 fully saturated rings. The molecule has 2 heterocycles. The van der Waals surface area contributed by atoms with Crippen molar-refractivity contribution in [2.75, 3.05) is 18.0 Å². The minimum atomic E-state index is -4.42. The van der Waals surface area contributed by atoms with Crippen molar-refractivity contribution >= 4 is 21.7 Å². The van der Waals surface area contributed by atoms with Crippen molar-refractivity contribution in [3.63, 3.8) is 0 Å². The van der Waals surface area contributed by atoms with Crippen LogP contribution in [0.2, 0.25) is 0 Å². The number of nitrogens with two attached hydrogens (primary N) is 1. The molecular weight excluding hydrogens is 409 g/mol. The fourth-order valence-corrected chi connectivity index (χ4v) is 3.57. The van der Waals surface area contributed by atoms with Gasteiger partial charge in [0.25, 0.3) is 5.91 Å². The Balaban J connectivity index is 1.55. The first-order valence-corrected chi connectivity index (χ1v) is 10.3. The molecule has 7 nitrogen and oxygen atoms in total. The molecule has 1 saturated heterocycles. The van der Waals surface area contributed by atoms with Crippen molar-refractivity contribution in [3.05, 3.63) is 53.7 Å². The fourth-order valence-electron chi connectivity index (χ4n) is 3.06. The highest BCUT2D eigenvalue weighted by Crippen LogP contribution is 2.29. The minimum absolute atomic E-state index is 0.0774. The second kappa shape index (κ2) is 7.99. The van der Waals surface area contributed by atoms with E-state index in [1.165, 1.54) is 30.3 Å². The van der Waals surface area contributed by atoms with Crippen LogP contribution in [0.5, 0.6) is 0 Å². The van der Waals surface area contributed by atoms with Crippen LogP contribution in [0.4, 0.5) is 19.0 Å². The van der Waals surface area contributed by atoms with Crippen LogP contribution >= 0.6 is 0 Å². The molecule has 0 radical (unpaired) electrons. The van der Waals surface area contributed by atoms with Crippen molar-refractivity contribution in [3.8, 4) is 0 Å². The number of primary sulfonamides is 1. The molecule has 1 aromatic heterocycles. The molecule has 156 valence electrons. The summed E-state index contributed by atoms with van der Waals surface area (Å²) in [7, 11) is -3.82. The summed E-state index contributed by atoms with van der Waals surface area (Å²) in [6, 6.07) is 7.54. The number of alkyl halides is 3. The maximum absolute atomic E-state index is 12.6. The molecule has 3 N–H and O–H groups in total. The van der Waals surface area contributed by atoms with Gasteiger partial charge in [-0.2, -0.15) is 13.2 Å². The number of hydrogen-bond acceptors (Lipinski definition) is 5. The van der Waals surface area contributed by atoms with Crippen molar-refractivity contribution in [2.24, 2.45) is 5.14 Å².